The van der Waals surface area contributed by atoms with E-state index in [-0.39, 0.29) is 12.0 Å². The highest BCUT2D eigenvalue weighted by atomic mass is 16.5. The van der Waals surface area contributed by atoms with Gasteiger partial charge in [0, 0.05) is 51.2 Å². The summed E-state index contributed by atoms with van der Waals surface area (Å²) in [4.78, 5) is 27.6. The van der Waals surface area contributed by atoms with E-state index in [4.69, 9.17) is 4.74 Å². The summed E-state index contributed by atoms with van der Waals surface area (Å²) in [5, 5.41) is 0. The standard InChI is InChI=1S/C17H27N5O2/c1-14(2)21-7-5-20(6-8-21)13-17(23)22-9-10-24-16(12-22)15-11-18-3-4-19-15/h3-4,11,14,16H,5-10,12-13H2,1-2H3/t16-/m0/s1. The summed E-state index contributed by atoms with van der Waals surface area (Å²) in [6.45, 7) is 10.7. The molecule has 3 rings (SSSR count). The summed E-state index contributed by atoms with van der Waals surface area (Å²) in [5.41, 5.74) is 0.792. The third kappa shape index (κ3) is 4.28. The Morgan fingerprint density at radius 1 is 1.25 bits per heavy atom. The van der Waals surface area contributed by atoms with Crippen LogP contribution < -0.4 is 0 Å². The molecule has 132 valence electrons. The first-order valence-electron chi connectivity index (χ1n) is 8.75. The number of nitrogens with zero attached hydrogens (tertiary/aromatic N) is 5. The lowest BCUT2D eigenvalue weighted by Gasteiger charge is -2.38. The minimum atomic E-state index is -0.172. The Morgan fingerprint density at radius 2 is 2.04 bits per heavy atom. The van der Waals surface area contributed by atoms with E-state index >= 15 is 0 Å². The number of piperazine rings is 1. The maximum absolute atomic E-state index is 12.6. The molecule has 24 heavy (non-hydrogen) atoms. The van der Waals surface area contributed by atoms with Crippen LogP contribution in [0.5, 0.6) is 0 Å². The SMILES string of the molecule is CC(C)N1CCN(CC(=O)N2CCO[C@H](c3cnccn3)C2)CC1. The Bertz CT molecular complexity index is 531. The summed E-state index contributed by atoms with van der Waals surface area (Å²) in [6, 6.07) is 0.579. The molecule has 3 heterocycles. The maximum atomic E-state index is 12.6. The molecule has 2 aliphatic rings. The van der Waals surface area contributed by atoms with Crippen LogP contribution >= 0.6 is 0 Å². The molecule has 0 unspecified atom stereocenters. The number of morpholine rings is 1. The monoisotopic (exact) mass is 333 g/mol. The molecule has 2 saturated heterocycles. The van der Waals surface area contributed by atoms with Crippen LogP contribution in [0.3, 0.4) is 0 Å². The van der Waals surface area contributed by atoms with Crippen molar-refractivity contribution in [3.05, 3.63) is 24.3 Å². The van der Waals surface area contributed by atoms with Gasteiger partial charge in [-0.2, -0.15) is 0 Å². The second-order valence-electron chi connectivity index (χ2n) is 6.74. The van der Waals surface area contributed by atoms with Gasteiger partial charge in [-0.3, -0.25) is 24.6 Å². The predicted molar refractivity (Wildman–Crippen MR) is 90.5 cm³/mol. The van der Waals surface area contributed by atoms with Gasteiger partial charge in [-0.1, -0.05) is 0 Å². The summed E-state index contributed by atoms with van der Waals surface area (Å²) in [5.74, 6) is 0.185. The molecule has 1 aromatic heterocycles. The molecular formula is C17H27N5O2. The van der Waals surface area contributed by atoms with Crippen molar-refractivity contribution in [3.63, 3.8) is 0 Å². The normalized spacial score (nSPS) is 23.6. The number of carbonyl (C=O) groups is 1. The van der Waals surface area contributed by atoms with Crippen LogP contribution in [-0.4, -0.2) is 89.0 Å². The second-order valence-corrected chi connectivity index (χ2v) is 6.74. The van der Waals surface area contributed by atoms with Crippen molar-refractivity contribution in [1.29, 1.82) is 0 Å². The smallest absolute Gasteiger partial charge is 0.236 e. The topological polar surface area (TPSA) is 61.8 Å². The van der Waals surface area contributed by atoms with Gasteiger partial charge in [0.2, 0.25) is 5.91 Å². The fourth-order valence-corrected chi connectivity index (χ4v) is 3.26. The molecule has 0 saturated carbocycles. The number of aromatic nitrogens is 2. The molecule has 1 aromatic rings. The molecule has 0 spiro atoms. The van der Waals surface area contributed by atoms with E-state index in [0.717, 1.165) is 31.9 Å². The highest BCUT2D eigenvalue weighted by Crippen LogP contribution is 2.20. The molecule has 1 amide bonds. The summed E-state index contributed by atoms with van der Waals surface area (Å²) >= 11 is 0. The fraction of sp³-hybridized carbons (Fsp3) is 0.706. The first-order chi connectivity index (χ1) is 11.6. The number of carbonyl (C=O) groups excluding carboxylic acids is 1. The number of hydrogen-bond donors (Lipinski definition) is 0. The molecule has 0 aromatic carbocycles. The average molecular weight is 333 g/mol. The van der Waals surface area contributed by atoms with Gasteiger partial charge in [0.25, 0.3) is 0 Å². The number of ether oxygens (including phenoxy) is 1. The lowest BCUT2D eigenvalue weighted by Crippen LogP contribution is -2.53. The van der Waals surface area contributed by atoms with Crippen molar-refractivity contribution in [2.45, 2.75) is 26.0 Å². The second kappa shape index (κ2) is 8.00. The Balaban J connectivity index is 1.50. The first-order valence-corrected chi connectivity index (χ1v) is 8.75. The fourth-order valence-electron chi connectivity index (χ4n) is 3.26. The molecule has 7 heteroatoms. The lowest BCUT2D eigenvalue weighted by atomic mass is 10.2. The zero-order chi connectivity index (χ0) is 16.9. The molecule has 1 atom stereocenters. The Labute approximate surface area is 143 Å². The van der Waals surface area contributed by atoms with Crippen molar-refractivity contribution in [3.8, 4) is 0 Å². The number of amides is 1. The van der Waals surface area contributed by atoms with Crippen LogP contribution in [0.15, 0.2) is 18.6 Å². The van der Waals surface area contributed by atoms with Crippen LogP contribution in [-0.2, 0) is 9.53 Å². The van der Waals surface area contributed by atoms with Gasteiger partial charge in [0.1, 0.15) is 6.10 Å². The Hall–Kier alpha value is -1.57. The van der Waals surface area contributed by atoms with E-state index in [2.05, 4.69) is 33.6 Å². The highest BCUT2D eigenvalue weighted by molar-refractivity contribution is 5.78. The van der Waals surface area contributed by atoms with Gasteiger partial charge in [0.15, 0.2) is 0 Å². The van der Waals surface area contributed by atoms with Crippen molar-refractivity contribution in [2.75, 3.05) is 52.4 Å². The van der Waals surface area contributed by atoms with Crippen molar-refractivity contribution in [1.82, 2.24) is 24.7 Å². The number of rotatable bonds is 4. The van der Waals surface area contributed by atoms with Crippen LogP contribution in [0.4, 0.5) is 0 Å². The van der Waals surface area contributed by atoms with Gasteiger partial charge >= 0.3 is 0 Å². The van der Waals surface area contributed by atoms with Crippen LogP contribution in [0.1, 0.15) is 25.6 Å². The number of hydrogen-bond acceptors (Lipinski definition) is 6. The van der Waals surface area contributed by atoms with Crippen LogP contribution in [0.25, 0.3) is 0 Å². The van der Waals surface area contributed by atoms with Crippen molar-refractivity contribution in [2.24, 2.45) is 0 Å². The van der Waals surface area contributed by atoms with E-state index in [1.54, 1.807) is 18.6 Å². The Morgan fingerprint density at radius 3 is 2.71 bits per heavy atom. The summed E-state index contributed by atoms with van der Waals surface area (Å²) in [6.07, 6.45) is 4.85. The first kappa shape index (κ1) is 17.3. The largest absolute Gasteiger partial charge is 0.368 e. The highest BCUT2D eigenvalue weighted by Gasteiger charge is 2.28. The average Bonchev–Trinajstić information content (AvgIpc) is 2.63. The third-order valence-electron chi connectivity index (χ3n) is 4.83. The minimum absolute atomic E-state index is 0.172. The molecule has 2 fully saturated rings. The van der Waals surface area contributed by atoms with E-state index in [9.17, 15) is 4.79 Å². The van der Waals surface area contributed by atoms with E-state index < -0.39 is 0 Å². The van der Waals surface area contributed by atoms with Gasteiger partial charge < -0.3 is 9.64 Å². The molecule has 2 aliphatic heterocycles. The molecule has 0 N–H and O–H groups in total. The molecule has 0 aliphatic carbocycles. The lowest BCUT2D eigenvalue weighted by molar-refractivity contribution is -0.140. The van der Waals surface area contributed by atoms with Gasteiger partial charge in [0.05, 0.1) is 31.6 Å². The quantitative estimate of drug-likeness (QED) is 0.795. The Kier molecular flexibility index (Phi) is 5.76. The zero-order valence-electron chi connectivity index (χ0n) is 14.6. The molecule has 7 nitrogen and oxygen atoms in total. The van der Waals surface area contributed by atoms with E-state index in [1.165, 1.54) is 0 Å². The van der Waals surface area contributed by atoms with Crippen molar-refractivity contribution < 1.29 is 9.53 Å². The summed E-state index contributed by atoms with van der Waals surface area (Å²) in [7, 11) is 0. The molecule has 0 bridgehead atoms. The maximum Gasteiger partial charge on any atom is 0.236 e. The van der Waals surface area contributed by atoms with Gasteiger partial charge in [-0.15, -0.1) is 0 Å². The third-order valence-corrected chi connectivity index (χ3v) is 4.83. The molecular weight excluding hydrogens is 306 g/mol. The minimum Gasteiger partial charge on any atom is -0.368 e. The van der Waals surface area contributed by atoms with Crippen LogP contribution in [0, 0.1) is 0 Å². The summed E-state index contributed by atoms with van der Waals surface area (Å²) < 4.78 is 5.76. The van der Waals surface area contributed by atoms with Gasteiger partial charge in [-0.25, -0.2) is 0 Å². The van der Waals surface area contributed by atoms with Crippen LogP contribution in [0.2, 0.25) is 0 Å². The van der Waals surface area contributed by atoms with E-state index in [1.807, 2.05) is 4.90 Å². The molecule has 0 radical (unpaired) electrons. The zero-order valence-corrected chi connectivity index (χ0v) is 14.6. The van der Waals surface area contributed by atoms with E-state index in [0.29, 0.717) is 32.3 Å². The van der Waals surface area contributed by atoms with Gasteiger partial charge in [-0.05, 0) is 13.8 Å². The predicted octanol–water partition coefficient (Wildman–Crippen LogP) is 0.403. The van der Waals surface area contributed by atoms with Crippen molar-refractivity contribution >= 4 is 5.91 Å².